The molecular formula is C40H35N4OPtS-3. The molecule has 1 aliphatic heterocycles. The van der Waals surface area contributed by atoms with E-state index in [9.17, 15) is 0 Å². The molecule has 5 nitrogen and oxygen atoms in total. The van der Waals surface area contributed by atoms with Crippen molar-refractivity contribution in [2.75, 3.05) is 4.90 Å². The molecule has 47 heavy (non-hydrogen) atoms. The first-order chi connectivity index (χ1) is 22.0. The Hall–Kier alpha value is -4.12. The molecule has 0 saturated carbocycles. The van der Waals surface area contributed by atoms with Gasteiger partial charge in [-0.15, -0.1) is 52.7 Å². The second-order valence-electron chi connectivity index (χ2n) is 13.9. The summed E-state index contributed by atoms with van der Waals surface area (Å²) in [6.45, 7) is 15.4. The largest absolute Gasteiger partial charge is 0.509 e. The molecule has 0 radical (unpaired) electrons. The van der Waals surface area contributed by atoms with Crippen LogP contribution in [-0.2, 0) is 26.5 Å². The van der Waals surface area contributed by atoms with Gasteiger partial charge in [-0.2, -0.15) is 18.8 Å². The van der Waals surface area contributed by atoms with Crippen LogP contribution in [-0.4, -0.2) is 20.0 Å². The smallest absolute Gasteiger partial charge is 0.135 e. The summed E-state index contributed by atoms with van der Waals surface area (Å²) in [5.41, 5.74) is 4.18. The molecule has 3 aromatic heterocycles. The van der Waals surface area contributed by atoms with E-state index < -0.39 is 0 Å². The Morgan fingerprint density at radius 3 is 2.34 bits per heavy atom. The van der Waals surface area contributed by atoms with Crippen molar-refractivity contribution in [1.29, 1.82) is 0 Å². The second-order valence-corrected chi connectivity index (χ2v) is 15.0. The number of fused-ring (bicyclic) bond motifs is 7. The molecule has 8 rings (SSSR count). The maximum absolute atomic E-state index is 6.47. The van der Waals surface area contributed by atoms with Gasteiger partial charge in [0.25, 0.3) is 0 Å². The van der Waals surface area contributed by atoms with Gasteiger partial charge >= 0.3 is 0 Å². The molecule has 0 spiro atoms. The third kappa shape index (κ3) is 5.52. The quantitative estimate of drug-likeness (QED) is 0.166. The van der Waals surface area contributed by atoms with Crippen molar-refractivity contribution in [2.24, 2.45) is 0 Å². The van der Waals surface area contributed by atoms with Gasteiger partial charge in [0.15, 0.2) is 0 Å². The van der Waals surface area contributed by atoms with E-state index in [1.165, 1.54) is 31.1 Å². The van der Waals surface area contributed by atoms with Gasteiger partial charge in [0.2, 0.25) is 0 Å². The third-order valence-corrected chi connectivity index (χ3v) is 9.79. The molecule has 240 valence electrons. The van der Waals surface area contributed by atoms with Crippen LogP contribution < -0.4 is 9.64 Å². The van der Waals surface area contributed by atoms with Crippen molar-refractivity contribution in [3.8, 4) is 17.3 Å². The van der Waals surface area contributed by atoms with E-state index in [0.29, 0.717) is 11.5 Å². The fraction of sp³-hybridized carbons (Fsp3) is 0.200. The number of anilines is 1. The first-order valence-electron chi connectivity index (χ1n) is 15.6. The molecular weight excluding hydrogens is 780 g/mol. The summed E-state index contributed by atoms with van der Waals surface area (Å²) in [6.07, 6.45) is 6.05. The average molecular weight is 815 g/mol. The van der Waals surface area contributed by atoms with Crippen LogP contribution in [0.3, 0.4) is 0 Å². The van der Waals surface area contributed by atoms with Gasteiger partial charge in [0.05, 0.1) is 5.52 Å². The SMILES string of the molecule is CC(C)(C)c1ccnc(-n2c3[c-]c(Oc4[c-]c(N5C=CN(C(C)(C)C)[CH-]5)ccc4)ccc3c3ccc4sc5ccccc5c4c32)c1.[Pt]. The van der Waals surface area contributed by atoms with E-state index in [2.05, 4.69) is 136 Å². The summed E-state index contributed by atoms with van der Waals surface area (Å²) in [5.74, 6) is 2.13. The Bertz CT molecular complexity index is 2320. The molecule has 0 atom stereocenters. The Morgan fingerprint density at radius 2 is 1.55 bits per heavy atom. The van der Waals surface area contributed by atoms with Gasteiger partial charge in [0, 0.05) is 64.5 Å². The van der Waals surface area contributed by atoms with E-state index in [0.717, 1.165) is 27.9 Å². The molecule has 0 amide bonds. The van der Waals surface area contributed by atoms with E-state index in [4.69, 9.17) is 9.72 Å². The van der Waals surface area contributed by atoms with Crippen molar-refractivity contribution in [2.45, 2.75) is 52.5 Å². The van der Waals surface area contributed by atoms with Crippen LogP contribution in [0.15, 0.2) is 97.5 Å². The van der Waals surface area contributed by atoms with Gasteiger partial charge in [-0.3, -0.25) is 0 Å². The van der Waals surface area contributed by atoms with E-state index in [1.54, 1.807) is 0 Å². The standard InChI is InChI=1S/C40H35N4OS.Pt/c1-39(2,3)26-18-19-41-36(22-26)44-33-24-29(45-28-11-9-10-27(23-28)42-20-21-43(25-42)40(4,5)6)14-15-30(33)31-16-17-35-37(38(31)44)32-12-7-8-13-34(32)46-35;/h7-22,25H,1-6H3;/q-3;. The van der Waals surface area contributed by atoms with Crippen LogP contribution in [0.2, 0.25) is 0 Å². The topological polar surface area (TPSA) is 33.5 Å². The number of pyridine rings is 1. The summed E-state index contributed by atoms with van der Waals surface area (Å²) < 4.78 is 11.3. The minimum absolute atomic E-state index is 0. The predicted molar refractivity (Wildman–Crippen MR) is 192 cm³/mol. The minimum Gasteiger partial charge on any atom is -0.509 e. The zero-order chi connectivity index (χ0) is 31.8. The predicted octanol–water partition coefficient (Wildman–Crippen LogP) is 10.7. The second kappa shape index (κ2) is 11.5. The molecule has 0 unspecified atom stereocenters. The van der Waals surface area contributed by atoms with Crippen molar-refractivity contribution >= 4 is 59.0 Å². The number of thiophene rings is 1. The summed E-state index contributed by atoms with van der Waals surface area (Å²) in [6, 6.07) is 34.7. The van der Waals surface area contributed by atoms with Crippen LogP contribution in [0.5, 0.6) is 11.5 Å². The van der Waals surface area contributed by atoms with Gasteiger partial charge in [-0.25, -0.2) is 4.98 Å². The number of hydrogen-bond donors (Lipinski definition) is 0. The summed E-state index contributed by atoms with van der Waals surface area (Å²) in [7, 11) is 0. The molecule has 0 N–H and O–H groups in total. The molecule has 7 aromatic rings. The third-order valence-electron chi connectivity index (χ3n) is 8.65. The van der Waals surface area contributed by atoms with Crippen molar-refractivity contribution in [3.63, 3.8) is 0 Å². The Balaban J connectivity index is 0.00000351. The Kier molecular flexibility index (Phi) is 7.73. The molecule has 4 aromatic carbocycles. The molecule has 0 aliphatic carbocycles. The van der Waals surface area contributed by atoms with Crippen LogP contribution in [0.4, 0.5) is 5.69 Å². The minimum atomic E-state index is -0.0223. The van der Waals surface area contributed by atoms with E-state index in [-0.39, 0.29) is 32.0 Å². The normalized spacial score (nSPS) is 13.7. The van der Waals surface area contributed by atoms with Crippen LogP contribution in [0, 0.1) is 18.8 Å². The number of ether oxygens (including phenoxy) is 1. The molecule has 0 saturated heterocycles. The van der Waals surface area contributed by atoms with E-state index >= 15 is 0 Å². The van der Waals surface area contributed by atoms with Crippen LogP contribution >= 0.6 is 11.3 Å². The van der Waals surface area contributed by atoms with Crippen LogP contribution in [0.25, 0.3) is 47.8 Å². The van der Waals surface area contributed by atoms with Gasteiger partial charge in [-0.1, -0.05) is 50.6 Å². The fourth-order valence-corrected chi connectivity index (χ4v) is 7.28. The maximum Gasteiger partial charge on any atom is 0.135 e. The summed E-state index contributed by atoms with van der Waals surface area (Å²) in [5, 5.41) is 4.78. The first-order valence-corrected chi connectivity index (χ1v) is 16.4. The van der Waals surface area contributed by atoms with Crippen molar-refractivity contribution < 1.29 is 25.8 Å². The van der Waals surface area contributed by atoms with Gasteiger partial charge in [0.1, 0.15) is 5.82 Å². The van der Waals surface area contributed by atoms with Gasteiger partial charge < -0.3 is 19.1 Å². The molecule has 0 fully saturated rings. The van der Waals surface area contributed by atoms with Gasteiger partial charge in [-0.05, 0) is 73.8 Å². The number of benzene rings is 4. The van der Waals surface area contributed by atoms with Crippen LogP contribution in [0.1, 0.15) is 47.1 Å². The fourth-order valence-electron chi connectivity index (χ4n) is 6.17. The molecule has 7 heteroatoms. The van der Waals surface area contributed by atoms with Crippen molar-refractivity contribution in [3.05, 3.63) is 122 Å². The number of rotatable bonds is 4. The zero-order valence-corrected chi connectivity index (χ0v) is 30.3. The molecule has 4 heterocycles. The molecule has 0 bridgehead atoms. The summed E-state index contributed by atoms with van der Waals surface area (Å²) in [4.78, 5) is 9.19. The first kappa shape index (κ1) is 31.5. The molecule has 1 aliphatic rings. The average Bonchev–Trinajstić information content (AvgIpc) is 3.75. The maximum atomic E-state index is 6.47. The monoisotopic (exact) mass is 814 g/mol. The Labute approximate surface area is 294 Å². The number of nitrogens with zero attached hydrogens (tertiary/aromatic N) is 4. The zero-order valence-electron chi connectivity index (χ0n) is 27.2. The Morgan fingerprint density at radius 1 is 0.766 bits per heavy atom. The number of aromatic nitrogens is 2. The van der Waals surface area contributed by atoms with Crippen molar-refractivity contribution in [1.82, 2.24) is 14.5 Å². The summed E-state index contributed by atoms with van der Waals surface area (Å²) >= 11 is 1.83. The van der Waals surface area contributed by atoms with E-state index in [1.807, 2.05) is 48.0 Å². The number of hydrogen-bond acceptors (Lipinski definition) is 5.